The molecule has 0 aliphatic heterocycles. The van der Waals surface area contributed by atoms with Crippen molar-refractivity contribution >= 4 is 17.3 Å². The second-order valence-corrected chi connectivity index (χ2v) is 4.54. The minimum Gasteiger partial charge on any atom is -0.379 e. The van der Waals surface area contributed by atoms with Gasteiger partial charge >= 0.3 is 6.18 Å². The van der Waals surface area contributed by atoms with Gasteiger partial charge in [-0.3, -0.25) is 0 Å². The number of hydrogen-bond acceptors (Lipinski definition) is 1. The fourth-order valence-corrected chi connectivity index (χ4v) is 1.87. The van der Waals surface area contributed by atoms with Crippen LogP contribution in [0.25, 0.3) is 0 Å². The molecule has 1 nitrogen and oxygen atoms in total. The number of anilines is 1. The minimum atomic E-state index is -4.55. The molecule has 0 bridgehead atoms. The highest BCUT2D eigenvalue weighted by Crippen LogP contribution is 2.31. The Bertz CT molecular complexity index is 610. The van der Waals surface area contributed by atoms with Crippen molar-refractivity contribution in [3.8, 4) is 0 Å². The lowest BCUT2D eigenvalue weighted by molar-refractivity contribution is -0.137. The Morgan fingerprint density at radius 2 is 1.75 bits per heavy atom. The fraction of sp³-hybridized carbons (Fsp3) is 0.143. The monoisotopic (exact) mass is 303 g/mol. The Morgan fingerprint density at radius 1 is 1.05 bits per heavy atom. The van der Waals surface area contributed by atoms with Gasteiger partial charge in [0.1, 0.15) is 5.82 Å². The molecule has 0 aromatic heterocycles. The van der Waals surface area contributed by atoms with E-state index in [1.165, 1.54) is 0 Å². The van der Waals surface area contributed by atoms with E-state index in [2.05, 4.69) is 5.32 Å². The van der Waals surface area contributed by atoms with E-state index in [0.29, 0.717) is 11.1 Å². The van der Waals surface area contributed by atoms with Crippen LogP contribution in [0.3, 0.4) is 0 Å². The summed E-state index contributed by atoms with van der Waals surface area (Å²) in [6.07, 6.45) is -4.55. The summed E-state index contributed by atoms with van der Waals surface area (Å²) < 4.78 is 50.8. The van der Waals surface area contributed by atoms with Crippen LogP contribution >= 0.6 is 11.6 Å². The SMILES string of the molecule is Fc1cc(C(F)(F)F)ccc1NCc1ccccc1Cl. The van der Waals surface area contributed by atoms with Gasteiger partial charge in [-0.15, -0.1) is 0 Å². The number of rotatable bonds is 3. The number of benzene rings is 2. The van der Waals surface area contributed by atoms with Crippen molar-refractivity contribution in [3.63, 3.8) is 0 Å². The topological polar surface area (TPSA) is 12.0 Å². The molecule has 0 saturated carbocycles. The van der Waals surface area contributed by atoms with Crippen LogP contribution in [0.15, 0.2) is 42.5 Å². The molecular formula is C14H10ClF4N. The highest BCUT2D eigenvalue weighted by Gasteiger charge is 2.31. The van der Waals surface area contributed by atoms with Gasteiger partial charge in [0.2, 0.25) is 0 Å². The molecule has 0 aliphatic carbocycles. The third kappa shape index (κ3) is 3.42. The third-order valence-electron chi connectivity index (χ3n) is 2.72. The molecular weight excluding hydrogens is 294 g/mol. The van der Waals surface area contributed by atoms with Gasteiger partial charge < -0.3 is 5.32 Å². The quantitative estimate of drug-likeness (QED) is 0.777. The zero-order valence-electron chi connectivity index (χ0n) is 10.1. The van der Waals surface area contributed by atoms with Gasteiger partial charge in [-0.05, 0) is 29.8 Å². The van der Waals surface area contributed by atoms with Gasteiger partial charge in [0, 0.05) is 11.6 Å². The molecule has 6 heteroatoms. The fourth-order valence-electron chi connectivity index (χ4n) is 1.67. The zero-order chi connectivity index (χ0) is 14.8. The zero-order valence-corrected chi connectivity index (χ0v) is 10.9. The summed E-state index contributed by atoms with van der Waals surface area (Å²) >= 11 is 5.93. The van der Waals surface area contributed by atoms with E-state index in [1.54, 1.807) is 24.3 Å². The minimum absolute atomic E-state index is 0.00193. The Morgan fingerprint density at radius 3 is 2.35 bits per heavy atom. The molecule has 0 heterocycles. The highest BCUT2D eigenvalue weighted by atomic mass is 35.5. The number of alkyl halides is 3. The van der Waals surface area contributed by atoms with Crippen LogP contribution in [0.2, 0.25) is 5.02 Å². The van der Waals surface area contributed by atoms with Crippen molar-refractivity contribution in [1.29, 1.82) is 0 Å². The first-order chi connectivity index (χ1) is 9.38. The van der Waals surface area contributed by atoms with Crippen LogP contribution in [0.4, 0.5) is 23.2 Å². The van der Waals surface area contributed by atoms with Crippen LogP contribution in [0.5, 0.6) is 0 Å². The summed E-state index contributed by atoms with van der Waals surface area (Å²) in [6, 6.07) is 9.32. The predicted octanol–water partition coefficient (Wildman–Crippen LogP) is 5.11. The van der Waals surface area contributed by atoms with Crippen molar-refractivity contribution in [2.75, 3.05) is 5.32 Å². The van der Waals surface area contributed by atoms with E-state index in [1.807, 2.05) is 0 Å². The van der Waals surface area contributed by atoms with E-state index in [9.17, 15) is 17.6 Å². The lowest BCUT2D eigenvalue weighted by Crippen LogP contribution is -2.07. The molecule has 2 aromatic carbocycles. The van der Waals surface area contributed by atoms with Crippen LogP contribution in [-0.4, -0.2) is 0 Å². The average molecular weight is 304 g/mol. The largest absolute Gasteiger partial charge is 0.416 e. The Balaban J connectivity index is 2.13. The third-order valence-corrected chi connectivity index (χ3v) is 3.09. The molecule has 2 aromatic rings. The van der Waals surface area contributed by atoms with E-state index in [4.69, 9.17) is 11.6 Å². The number of halogens is 5. The molecule has 0 radical (unpaired) electrons. The molecule has 0 atom stereocenters. The predicted molar refractivity (Wildman–Crippen MR) is 70.2 cm³/mol. The summed E-state index contributed by atoms with van der Waals surface area (Å²) in [4.78, 5) is 0. The van der Waals surface area contributed by atoms with E-state index in [-0.39, 0.29) is 12.2 Å². The van der Waals surface area contributed by atoms with E-state index in [0.717, 1.165) is 17.7 Å². The molecule has 0 amide bonds. The first-order valence-electron chi connectivity index (χ1n) is 5.72. The normalized spacial score (nSPS) is 11.4. The Labute approximate surface area is 118 Å². The summed E-state index contributed by atoms with van der Waals surface area (Å²) in [6.45, 7) is 0.224. The van der Waals surface area contributed by atoms with Crippen molar-refractivity contribution < 1.29 is 17.6 Å². The molecule has 106 valence electrons. The maximum absolute atomic E-state index is 13.6. The first-order valence-corrected chi connectivity index (χ1v) is 6.10. The molecule has 0 spiro atoms. The van der Waals surface area contributed by atoms with Crippen LogP contribution < -0.4 is 5.32 Å². The lowest BCUT2D eigenvalue weighted by atomic mass is 10.1. The van der Waals surface area contributed by atoms with E-state index >= 15 is 0 Å². The van der Waals surface area contributed by atoms with Gasteiger partial charge in [0.15, 0.2) is 0 Å². The number of hydrogen-bond donors (Lipinski definition) is 1. The van der Waals surface area contributed by atoms with Gasteiger partial charge in [0.25, 0.3) is 0 Å². The molecule has 20 heavy (non-hydrogen) atoms. The van der Waals surface area contributed by atoms with Crippen LogP contribution in [-0.2, 0) is 12.7 Å². The summed E-state index contributed by atoms with van der Waals surface area (Å²) in [5.74, 6) is -0.952. The second kappa shape index (κ2) is 5.71. The van der Waals surface area contributed by atoms with E-state index < -0.39 is 17.6 Å². The maximum Gasteiger partial charge on any atom is 0.416 e. The lowest BCUT2D eigenvalue weighted by Gasteiger charge is -2.11. The molecule has 0 aliphatic rings. The van der Waals surface area contributed by atoms with Crippen molar-refractivity contribution in [1.82, 2.24) is 0 Å². The average Bonchev–Trinajstić information content (AvgIpc) is 2.38. The Kier molecular flexibility index (Phi) is 4.18. The summed E-state index contributed by atoms with van der Waals surface area (Å²) in [5, 5.41) is 3.23. The maximum atomic E-state index is 13.6. The Hall–Kier alpha value is -1.75. The summed E-state index contributed by atoms with van der Waals surface area (Å²) in [7, 11) is 0. The van der Waals surface area contributed by atoms with Gasteiger partial charge in [0.05, 0.1) is 11.3 Å². The van der Waals surface area contributed by atoms with Crippen LogP contribution in [0, 0.1) is 5.82 Å². The van der Waals surface area contributed by atoms with Crippen LogP contribution in [0.1, 0.15) is 11.1 Å². The standard InChI is InChI=1S/C14H10ClF4N/c15-11-4-2-1-3-9(11)8-20-13-6-5-10(7-12(13)16)14(17,18)19/h1-7,20H,8H2. The molecule has 1 N–H and O–H groups in total. The highest BCUT2D eigenvalue weighted by molar-refractivity contribution is 6.31. The van der Waals surface area contributed by atoms with Gasteiger partial charge in [-0.2, -0.15) is 13.2 Å². The van der Waals surface area contributed by atoms with Crippen molar-refractivity contribution in [3.05, 3.63) is 64.4 Å². The summed E-state index contributed by atoms with van der Waals surface area (Å²) in [5.41, 5.74) is -0.287. The smallest absolute Gasteiger partial charge is 0.379 e. The van der Waals surface area contributed by atoms with Gasteiger partial charge in [-0.25, -0.2) is 4.39 Å². The van der Waals surface area contributed by atoms with Crippen molar-refractivity contribution in [2.24, 2.45) is 0 Å². The second-order valence-electron chi connectivity index (χ2n) is 4.14. The molecule has 0 unspecified atom stereocenters. The van der Waals surface area contributed by atoms with Gasteiger partial charge in [-0.1, -0.05) is 29.8 Å². The molecule has 0 fully saturated rings. The first kappa shape index (κ1) is 14.7. The number of nitrogens with one attached hydrogen (secondary N) is 1. The molecule has 0 saturated heterocycles. The molecule has 2 rings (SSSR count). The van der Waals surface area contributed by atoms with Crippen molar-refractivity contribution in [2.45, 2.75) is 12.7 Å².